The van der Waals surface area contributed by atoms with Gasteiger partial charge in [0.05, 0.1) is 0 Å². The molecule has 2 aliphatic carbocycles. The first-order valence-corrected chi connectivity index (χ1v) is 5.23. The van der Waals surface area contributed by atoms with E-state index in [0.717, 1.165) is 0 Å². The first kappa shape index (κ1) is 11.5. The predicted octanol–water partition coefficient (Wildman–Crippen LogP) is 2.85. The van der Waals surface area contributed by atoms with Crippen LogP contribution in [0.3, 0.4) is 0 Å². The van der Waals surface area contributed by atoms with Gasteiger partial charge < -0.3 is 5.11 Å². The first-order valence-electron chi connectivity index (χ1n) is 5.23. The van der Waals surface area contributed by atoms with Gasteiger partial charge in [0.25, 0.3) is 0 Å². The Balaban J connectivity index is 2.34. The Morgan fingerprint density at radius 3 is 2.44 bits per heavy atom. The van der Waals surface area contributed by atoms with Crippen molar-refractivity contribution in [3.63, 3.8) is 0 Å². The van der Waals surface area contributed by atoms with E-state index in [4.69, 9.17) is 5.11 Å². The molecule has 0 saturated heterocycles. The molecule has 90 valence electrons. The van der Waals surface area contributed by atoms with Crippen LogP contribution in [-0.2, 0) is 4.79 Å². The van der Waals surface area contributed by atoms with Gasteiger partial charge >= 0.3 is 12.1 Å². The van der Waals surface area contributed by atoms with Crippen molar-refractivity contribution < 1.29 is 23.1 Å². The summed E-state index contributed by atoms with van der Waals surface area (Å²) in [4.78, 5) is 10.9. The Bertz CT molecular complexity index is 348. The summed E-state index contributed by atoms with van der Waals surface area (Å²) in [7, 11) is 0. The zero-order chi connectivity index (χ0) is 12.1. The number of carboxylic acids is 1. The van der Waals surface area contributed by atoms with Gasteiger partial charge in [0.1, 0.15) is 0 Å². The number of allylic oxidation sites excluding steroid dienone is 2. The van der Waals surface area contributed by atoms with Crippen molar-refractivity contribution in [1.29, 1.82) is 0 Å². The van der Waals surface area contributed by atoms with Crippen LogP contribution in [0.1, 0.15) is 19.8 Å². The molecule has 1 N–H and O–H groups in total. The third-order valence-electron chi connectivity index (χ3n) is 3.96. The van der Waals surface area contributed by atoms with Crippen LogP contribution in [0, 0.1) is 23.2 Å². The van der Waals surface area contributed by atoms with Crippen LogP contribution < -0.4 is 0 Å². The van der Waals surface area contributed by atoms with Crippen LogP contribution in [0.25, 0.3) is 0 Å². The molecule has 5 heteroatoms. The zero-order valence-corrected chi connectivity index (χ0v) is 8.79. The predicted molar refractivity (Wildman–Crippen MR) is 50.6 cm³/mol. The van der Waals surface area contributed by atoms with E-state index in [1.165, 1.54) is 6.92 Å². The second-order valence-corrected chi connectivity index (χ2v) is 5.01. The summed E-state index contributed by atoms with van der Waals surface area (Å²) in [5.74, 6) is -4.13. The highest BCUT2D eigenvalue weighted by atomic mass is 19.4. The number of halogens is 3. The molecule has 0 amide bonds. The Hall–Kier alpha value is -1.00. The molecule has 0 aromatic rings. The van der Waals surface area contributed by atoms with Crippen molar-refractivity contribution in [3.05, 3.63) is 12.2 Å². The van der Waals surface area contributed by atoms with Crippen LogP contribution in [0.15, 0.2) is 12.2 Å². The lowest BCUT2D eigenvalue weighted by atomic mass is 9.67. The van der Waals surface area contributed by atoms with Crippen molar-refractivity contribution >= 4 is 5.97 Å². The second kappa shape index (κ2) is 3.25. The third-order valence-corrected chi connectivity index (χ3v) is 3.96. The maximum atomic E-state index is 12.8. The van der Waals surface area contributed by atoms with Gasteiger partial charge in [0.15, 0.2) is 5.92 Å². The molecule has 2 rings (SSSR count). The highest BCUT2D eigenvalue weighted by molar-refractivity contribution is 5.72. The SMILES string of the molecule is CC1(C(C(=O)O)C(F)(F)F)CC2C=CC1C2. The summed E-state index contributed by atoms with van der Waals surface area (Å²) in [5.41, 5.74) is -1.18. The number of carboxylic acid groups (broad SMARTS) is 1. The molecule has 2 aliphatic rings. The molecule has 0 aromatic carbocycles. The third kappa shape index (κ3) is 1.53. The number of rotatable bonds is 2. The molecule has 0 aromatic heterocycles. The van der Waals surface area contributed by atoms with Crippen molar-refractivity contribution in [2.75, 3.05) is 0 Å². The number of hydrogen-bond donors (Lipinski definition) is 1. The van der Waals surface area contributed by atoms with Gasteiger partial charge in [-0.25, -0.2) is 0 Å². The molecule has 0 spiro atoms. The zero-order valence-electron chi connectivity index (χ0n) is 8.79. The standard InChI is InChI=1S/C11H13F3O2/c1-10(5-6-2-3-7(10)4-6)8(9(15)16)11(12,13)14/h2-3,6-8H,4-5H2,1H3,(H,15,16). The summed E-state index contributed by atoms with van der Waals surface area (Å²) in [6.45, 7) is 1.45. The maximum Gasteiger partial charge on any atom is 0.402 e. The summed E-state index contributed by atoms with van der Waals surface area (Å²) in [5, 5.41) is 8.82. The van der Waals surface area contributed by atoms with Gasteiger partial charge in [0.2, 0.25) is 0 Å². The number of fused-ring (bicyclic) bond motifs is 2. The molecule has 0 radical (unpaired) electrons. The van der Waals surface area contributed by atoms with Gasteiger partial charge in [-0.2, -0.15) is 13.2 Å². The number of carbonyl (C=O) groups is 1. The minimum atomic E-state index is -4.67. The Morgan fingerprint density at radius 1 is 1.50 bits per heavy atom. The van der Waals surface area contributed by atoms with E-state index in [1.54, 1.807) is 6.08 Å². The summed E-state index contributed by atoms with van der Waals surface area (Å²) in [6.07, 6.45) is -0.0303. The van der Waals surface area contributed by atoms with Gasteiger partial charge in [-0.05, 0) is 30.1 Å². The molecule has 16 heavy (non-hydrogen) atoms. The average molecular weight is 234 g/mol. The Kier molecular flexibility index (Phi) is 2.33. The largest absolute Gasteiger partial charge is 0.481 e. The van der Waals surface area contributed by atoms with Crippen molar-refractivity contribution in [1.82, 2.24) is 0 Å². The van der Waals surface area contributed by atoms with Crippen LogP contribution >= 0.6 is 0 Å². The topological polar surface area (TPSA) is 37.3 Å². The number of aliphatic carboxylic acids is 1. The summed E-state index contributed by atoms with van der Waals surface area (Å²) < 4.78 is 38.4. The smallest absolute Gasteiger partial charge is 0.402 e. The fourth-order valence-corrected chi connectivity index (χ4v) is 3.26. The van der Waals surface area contributed by atoms with Gasteiger partial charge in [-0.3, -0.25) is 4.79 Å². The van der Waals surface area contributed by atoms with Crippen molar-refractivity contribution in [3.8, 4) is 0 Å². The fourth-order valence-electron chi connectivity index (χ4n) is 3.26. The second-order valence-electron chi connectivity index (χ2n) is 5.01. The van der Waals surface area contributed by atoms with E-state index in [-0.39, 0.29) is 11.8 Å². The number of hydrogen-bond acceptors (Lipinski definition) is 1. The van der Waals surface area contributed by atoms with E-state index in [0.29, 0.717) is 12.8 Å². The first-order chi connectivity index (χ1) is 7.25. The van der Waals surface area contributed by atoms with Crippen LogP contribution in [0.4, 0.5) is 13.2 Å². The highest BCUT2D eigenvalue weighted by Crippen LogP contribution is 2.58. The van der Waals surface area contributed by atoms with Crippen molar-refractivity contribution in [2.24, 2.45) is 23.2 Å². The van der Waals surface area contributed by atoms with E-state index in [2.05, 4.69) is 0 Å². The molecule has 0 aliphatic heterocycles. The van der Waals surface area contributed by atoms with E-state index in [9.17, 15) is 18.0 Å². The Labute approximate surface area is 91.1 Å². The lowest BCUT2D eigenvalue weighted by molar-refractivity contribution is -0.219. The molecule has 2 bridgehead atoms. The minimum absolute atomic E-state index is 0.124. The highest BCUT2D eigenvalue weighted by Gasteiger charge is 2.61. The molecule has 1 saturated carbocycles. The average Bonchev–Trinajstić information content (AvgIpc) is 2.57. The molecule has 0 heterocycles. The lowest BCUT2D eigenvalue weighted by Crippen LogP contribution is -2.45. The number of alkyl halides is 3. The van der Waals surface area contributed by atoms with Crippen LogP contribution in [0.5, 0.6) is 0 Å². The lowest BCUT2D eigenvalue weighted by Gasteiger charge is -2.37. The van der Waals surface area contributed by atoms with E-state index >= 15 is 0 Å². The van der Waals surface area contributed by atoms with Crippen LogP contribution in [-0.4, -0.2) is 17.3 Å². The molecule has 4 atom stereocenters. The fraction of sp³-hybridized carbons (Fsp3) is 0.727. The van der Waals surface area contributed by atoms with E-state index in [1.807, 2.05) is 6.08 Å². The maximum absolute atomic E-state index is 12.8. The van der Waals surface area contributed by atoms with Crippen LogP contribution in [0.2, 0.25) is 0 Å². The van der Waals surface area contributed by atoms with E-state index < -0.39 is 23.5 Å². The van der Waals surface area contributed by atoms with Gasteiger partial charge in [-0.15, -0.1) is 0 Å². The molecular formula is C11H13F3O2. The van der Waals surface area contributed by atoms with Crippen molar-refractivity contribution in [2.45, 2.75) is 25.9 Å². The quantitative estimate of drug-likeness (QED) is 0.746. The molecule has 2 nitrogen and oxygen atoms in total. The van der Waals surface area contributed by atoms with Gasteiger partial charge in [0, 0.05) is 0 Å². The van der Waals surface area contributed by atoms with Gasteiger partial charge in [-0.1, -0.05) is 19.1 Å². The summed E-state index contributed by atoms with van der Waals surface area (Å²) >= 11 is 0. The summed E-state index contributed by atoms with van der Waals surface area (Å²) in [6, 6.07) is 0. The minimum Gasteiger partial charge on any atom is -0.481 e. The molecule has 1 fully saturated rings. The normalized spacial score (nSPS) is 39.0. The Morgan fingerprint density at radius 2 is 2.12 bits per heavy atom. The molecular weight excluding hydrogens is 221 g/mol. The molecule has 4 unspecified atom stereocenters. The monoisotopic (exact) mass is 234 g/mol.